The van der Waals surface area contributed by atoms with Crippen LogP contribution in [0.3, 0.4) is 0 Å². The number of carbonyl (C=O) groups is 1. The number of aldehydes is 1. The maximum absolute atomic E-state index is 11.2. The molecule has 0 saturated heterocycles. The SMILES string of the molecule is CCC(CC)n1cc(C=O)c(-c2ccnn2C)n1. The highest BCUT2D eigenvalue weighted by molar-refractivity contribution is 5.84. The summed E-state index contributed by atoms with van der Waals surface area (Å²) in [4.78, 5) is 11.2. The first-order valence-corrected chi connectivity index (χ1v) is 6.23. The van der Waals surface area contributed by atoms with Crippen molar-refractivity contribution in [3.05, 3.63) is 24.0 Å². The molecule has 0 saturated carbocycles. The zero-order valence-corrected chi connectivity index (χ0v) is 11.0. The van der Waals surface area contributed by atoms with Crippen molar-refractivity contribution in [2.45, 2.75) is 32.7 Å². The number of aromatic nitrogens is 4. The minimum Gasteiger partial charge on any atom is -0.298 e. The van der Waals surface area contributed by atoms with Crippen LogP contribution in [-0.4, -0.2) is 25.8 Å². The molecule has 2 aromatic heterocycles. The van der Waals surface area contributed by atoms with E-state index in [0.717, 1.165) is 24.8 Å². The summed E-state index contributed by atoms with van der Waals surface area (Å²) in [6.45, 7) is 4.25. The van der Waals surface area contributed by atoms with Crippen LogP contribution in [0.1, 0.15) is 43.1 Å². The lowest BCUT2D eigenvalue weighted by Gasteiger charge is -2.12. The van der Waals surface area contributed by atoms with Gasteiger partial charge in [-0.3, -0.25) is 14.2 Å². The maximum Gasteiger partial charge on any atom is 0.153 e. The number of rotatable bonds is 5. The minimum absolute atomic E-state index is 0.339. The van der Waals surface area contributed by atoms with Gasteiger partial charge in [0, 0.05) is 19.4 Å². The van der Waals surface area contributed by atoms with Crippen LogP contribution in [0.2, 0.25) is 0 Å². The van der Waals surface area contributed by atoms with Gasteiger partial charge in [-0.15, -0.1) is 0 Å². The fourth-order valence-corrected chi connectivity index (χ4v) is 2.15. The fraction of sp³-hybridized carbons (Fsp3) is 0.462. The van der Waals surface area contributed by atoms with Crippen LogP contribution in [0.4, 0.5) is 0 Å². The Hall–Kier alpha value is -1.91. The Morgan fingerprint density at radius 2 is 2.11 bits per heavy atom. The first-order chi connectivity index (χ1) is 8.71. The summed E-state index contributed by atoms with van der Waals surface area (Å²) in [5, 5.41) is 8.67. The highest BCUT2D eigenvalue weighted by Gasteiger charge is 2.16. The van der Waals surface area contributed by atoms with Gasteiger partial charge in [0.05, 0.1) is 17.3 Å². The van der Waals surface area contributed by atoms with Crippen molar-refractivity contribution in [3.8, 4) is 11.4 Å². The van der Waals surface area contributed by atoms with Gasteiger partial charge in [0.15, 0.2) is 6.29 Å². The lowest BCUT2D eigenvalue weighted by molar-refractivity contribution is 0.112. The summed E-state index contributed by atoms with van der Waals surface area (Å²) >= 11 is 0. The number of carbonyl (C=O) groups excluding carboxylic acids is 1. The Morgan fingerprint density at radius 1 is 1.39 bits per heavy atom. The summed E-state index contributed by atoms with van der Waals surface area (Å²) in [5.74, 6) is 0. The normalized spacial score (nSPS) is 11.1. The summed E-state index contributed by atoms with van der Waals surface area (Å²) in [5.41, 5.74) is 2.18. The second-order valence-corrected chi connectivity index (χ2v) is 4.34. The Balaban J connectivity index is 2.48. The molecule has 0 aliphatic rings. The van der Waals surface area contributed by atoms with Gasteiger partial charge in [-0.1, -0.05) is 13.8 Å². The Bertz CT molecular complexity index is 537. The highest BCUT2D eigenvalue weighted by Crippen LogP contribution is 2.23. The predicted octanol–water partition coefficient (Wildman–Crippen LogP) is 2.46. The molecule has 0 aliphatic carbocycles. The molecule has 0 atom stereocenters. The minimum atomic E-state index is 0.339. The molecule has 2 heterocycles. The monoisotopic (exact) mass is 246 g/mol. The van der Waals surface area contributed by atoms with E-state index in [0.29, 0.717) is 17.3 Å². The zero-order chi connectivity index (χ0) is 13.1. The van der Waals surface area contributed by atoms with E-state index < -0.39 is 0 Å². The second kappa shape index (κ2) is 5.16. The van der Waals surface area contributed by atoms with Gasteiger partial charge in [-0.05, 0) is 18.9 Å². The lowest BCUT2D eigenvalue weighted by atomic mass is 10.2. The Morgan fingerprint density at radius 3 is 2.61 bits per heavy atom. The van der Waals surface area contributed by atoms with E-state index in [1.54, 1.807) is 10.9 Å². The van der Waals surface area contributed by atoms with Crippen molar-refractivity contribution in [1.82, 2.24) is 19.6 Å². The van der Waals surface area contributed by atoms with Crippen LogP contribution < -0.4 is 0 Å². The standard InChI is InChI=1S/C13H18N4O/c1-4-11(5-2)17-8-10(9-18)13(15-17)12-6-7-14-16(12)3/h6-9,11H,4-5H2,1-3H3. The quantitative estimate of drug-likeness (QED) is 0.761. The van der Waals surface area contributed by atoms with E-state index in [-0.39, 0.29) is 0 Å². The van der Waals surface area contributed by atoms with Gasteiger partial charge in [-0.2, -0.15) is 10.2 Å². The van der Waals surface area contributed by atoms with Crippen molar-refractivity contribution in [2.24, 2.45) is 7.05 Å². The maximum atomic E-state index is 11.2. The molecule has 0 N–H and O–H groups in total. The first kappa shape index (κ1) is 12.5. The topological polar surface area (TPSA) is 52.7 Å². The van der Waals surface area contributed by atoms with E-state index in [9.17, 15) is 4.79 Å². The van der Waals surface area contributed by atoms with E-state index in [1.165, 1.54) is 0 Å². The molecule has 18 heavy (non-hydrogen) atoms. The second-order valence-electron chi connectivity index (χ2n) is 4.34. The largest absolute Gasteiger partial charge is 0.298 e. The average Bonchev–Trinajstić information content (AvgIpc) is 2.96. The molecule has 5 nitrogen and oxygen atoms in total. The lowest BCUT2D eigenvalue weighted by Crippen LogP contribution is -2.07. The van der Waals surface area contributed by atoms with Crippen LogP contribution in [-0.2, 0) is 7.05 Å². The van der Waals surface area contributed by atoms with Gasteiger partial charge in [-0.25, -0.2) is 0 Å². The first-order valence-electron chi connectivity index (χ1n) is 6.23. The molecule has 0 amide bonds. The van der Waals surface area contributed by atoms with E-state index in [1.807, 2.05) is 24.0 Å². The van der Waals surface area contributed by atoms with E-state index in [4.69, 9.17) is 0 Å². The average molecular weight is 246 g/mol. The van der Waals surface area contributed by atoms with Crippen molar-refractivity contribution in [1.29, 1.82) is 0 Å². The van der Waals surface area contributed by atoms with Crippen molar-refractivity contribution in [2.75, 3.05) is 0 Å². The third kappa shape index (κ3) is 2.08. The van der Waals surface area contributed by atoms with Crippen molar-refractivity contribution >= 4 is 6.29 Å². The fourth-order valence-electron chi connectivity index (χ4n) is 2.15. The Kier molecular flexibility index (Phi) is 3.60. The predicted molar refractivity (Wildman–Crippen MR) is 69.4 cm³/mol. The van der Waals surface area contributed by atoms with Crippen LogP contribution in [0, 0.1) is 0 Å². The zero-order valence-electron chi connectivity index (χ0n) is 11.0. The molecule has 0 spiro atoms. The molecule has 0 bridgehead atoms. The van der Waals surface area contributed by atoms with Crippen LogP contribution >= 0.6 is 0 Å². The third-order valence-electron chi connectivity index (χ3n) is 3.27. The highest BCUT2D eigenvalue weighted by atomic mass is 16.1. The number of hydrogen-bond donors (Lipinski definition) is 0. The third-order valence-corrected chi connectivity index (χ3v) is 3.27. The molecule has 0 fully saturated rings. The number of aryl methyl sites for hydroxylation is 1. The molecule has 2 aromatic rings. The molecule has 0 aliphatic heterocycles. The summed E-state index contributed by atoms with van der Waals surface area (Å²) in [6.07, 6.45) is 6.39. The summed E-state index contributed by atoms with van der Waals surface area (Å²) in [7, 11) is 1.85. The molecule has 5 heteroatoms. The van der Waals surface area contributed by atoms with Crippen LogP contribution in [0.25, 0.3) is 11.4 Å². The molecule has 2 rings (SSSR count). The molecular weight excluding hydrogens is 228 g/mol. The van der Waals surface area contributed by atoms with Gasteiger partial charge in [0.25, 0.3) is 0 Å². The van der Waals surface area contributed by atoms with Gasteiger partial charge in [0.2, 0.25) is 0 Å². The molecule has 96 valence electrons. The summed E-state index contributed by atoms with van der Waals surface area (Å²) < 4.78 is 3.62. The van der Waals surface area contributed by atoms with Gasteiger partial charge in [0.1, 0.15) is 5.69 Å². The van der Waals surface area contributed by atoms with Crippen LogP contribution in [0.5, 0.6) is 0 Å². The van der Waals surface area contributed by atoms with Crippen LogP contribution in [0.15, 0.2) is 18.5 Å². The van der Waals surface area contributed by atoms with Crippen molar-refractivity contribution < 1.29 is 4.79 Å². The molecular formula is C13H18N4O. The van der Waals surface area contributed by atoms with Crippen molar-refractivity contribution in [3.63, 3.8) is 0 Å². The molecule has 0 radical (unpaired) electrons. The Labute approximate surface area is 106 Å². The summed E-state index contributed by atoms with van der Waals surface area (Å²) in [6, 6.07) is 2.21. The smallest absolute Gasteiger partial charge is 0.153 e. The number of hydrogen-bond acceptors (Lipinski definition) is 3. The van der Waals surface area contributed by atoms with E-state index in [2.05, 4.69) is 24.0 Å². The van der Waals surface area contributed by atoms with Gasteiger partial charge < -0.3 is 0 Å². The van der Waals surface area contributed by atoms with Gasteiger partial charge >= 0.3 is 0 Å². The molecule has 0 unspecified atom stereocenters. The van der Waals surface area contributed by atoms with E-state index >= 15 is 0 Å². The molecule has 0 aromatic carbocycles. The number of nitrogens with zero attached hydrogens (tertiary/aromatic N) is 4.